The van der Waals surface area contributed by atoms with Crippen molar-refractivity contribution in [2.24, 2.45) is 0 Å². The molecule has 88 valence electrons. The Morgan fingerprint density at radius 1 is 1.47 bits per heavy atom. The van der Waals surface area contributed by atoms with E-state index in [1.165, 1.54) is 10.6 Å². The molecule has 1 aliphatic rings. The van der Waals surface area contributed by atoms with Gasteiger partial charge in [0.05, 0.1) is 5.52 Å². The number of benzene rings is 1. The molecular formula is C12H11FN2O2. The Morgan fingerprint density at radius 3 is 2.82 bits per heavy atom. The molecule has 5 heteroatoms. The van der Waals surface area contributed by atoms with Crippen LogP contribution in [0.1, 0.15) is 35.9 Å². The van der Waals surface area contributed by atoms with Crippen LogP contribution < -0.4 is 0 Å². The number of hydrogen-bond acceptors (Lipinski definition) is 2. The highest BCUT2D eigenvalue weighted by Crippen LogP contribution is 2.36. The number of fused-ring (bicyclic) bond motifs is 1. The average Bonchev–Trinajstić information content (AvgIpc) is 2.57. The normalized spacial score (nSPS) is 16.1. The molecule has 1 aromatic heterocycles. The summed E-state index contributed by atoms with van der Waals surface area (Å²) in [7, 11) is 0. The fraction of sp³-hybridized carbons (Fsp3) is 0.333. The lowest BCUT2D eigenvalue weighted by Gasteiger charge is -2.28. The molecule has 17 heavy (non-hydrogen) atoms. The van der Waals surface area contributed by atoms with E-state index in [1.807, 2.05) is 0 Å². The molecule has 3 rings (SSSR count). The van der Waals surface area contributed by atoms with Crippen molar-refractivity contribution in [3.8, 4) is 0 Å². The predicted molar refractivity (Wildman–Crippen MR) is 59.5 cm³/mol. The van der Waals surface area contributed by atoms with Crippen LogP contribution in [0, 0.1) is 5.82 Å². The van der Waals surface area contributed by atoms with Crippen LogP contribution in [0.5, 0.6) is 0 Å². The van der Waals surface area contributed by atoms with Crippen LogP contribution in [0.3, 0.4) is 0 Å². The van der Waals surface area contributed by atoms with Gasteiger partial charge >= 0.3 is 5.97 Å². The van der Waals surface area contributed by atoms with Crippen LogP contribution in [-0.4, -0.2) is 20.6 Å². The van der Waals surface area contributed by atoms with Gasteiger partial charge in [0, 0.05) is 6.04 Å². The molecule has 0 radical (unpaired) electrons. The number of hydrogen-bond donors (Lipinski definition) is 1. The van der Waals surface area contributed by atoms with Gasteiger partial charge in [0.1, 0.15) is 11.3 Å². The zero-order valence-corrected chi connectivity index (χ0v) is 9.06. The van der Waals surface area contributed by atoms with E-state index in [0.29, 0.717) is 11.0 Å². The van der Waals surface area contributed by atoms with Crippen LogP contribution >= 0.6 is 0 Å². The Labute approximate surface area is 96.7 Å². The summed E-state index contributed by atoms with van der Waals surface area (Å²) < 4.78 is 15.3. The first-order valence-electron chi connectivity index (χ1n) is 5.58. The molecule has 0 aliphatic heterocycles. The van der Waals surface area contributed by atoms with Crippen molar-refractivity contribution in [1.29, 1.82) is 0 Å². The highest BCUT2D eigenvalue weighted by atomic mass is 19.1. The summed E-state index contributed by atoms with van der Waals surface area (Å²) >= 11 is 0. The number of rotatable bonds is 2. The standard InChI is InChI=1S/C12H11FN2O2/c13-8-5-2-6-9-10(8)15(7-3-1-4-7)11(14-9)12(16)17/h2,5-7H,1,3-4H2,(H,16,17). The highest BCUT2D eigenvalue weighted by molar-refractivity contribution is 5.90. The zero-order chi connectivity index (χ0) is 12.0. The smallest absolute Gasteiger partial charge is 0.372 e. The number of aromatic carboxylic acids is 1. The molecule has 2 aromatic rings. The minimum atomic E-state index is -1.10. The van der Waals surface area contributed by atoms with Gasteiger partial charge in [0.25, 0.3) is 0 Å². The van der Waals surface area contributed by atoms with Gasteiger partial charge in [-0.3, -0.25) is 0 Å². The largest absolute Gasteiger partial charge is 0.475 e. The number of aromatic nitrogens is 2. The first-order valence-corrected chi connectivity index (χ1v) is 5.58. The van der Waals surface area contributed by atoms with Gasteiger partial charge in [-0.1, -0.05) is 6.07 Å². The third-order valence-corrected chi connectivity index (χ3v) is 3.29. The molecule has 0 amide bonds. The van der Waals surface area contributed by atoms with Gasteiger partial charge in [0.2, 0.25) is 5.82 Å². The summed E-state index contributed by atoms with van der Waals surface area (Å²) in [4.78, 5) is 15.1. The van der Waals surface area contributed by atoms with Gasteiger partial charge in [-0.05, 0) is 31.4 Å². The van der Waals surface area contributed by atoms with Crippen LogP contribution in [0.25, 0.3) is 11.0 Å². The summed E-state index contributed by atoms with van der Waals surface area (Å²) in [5.41, 5.74) is 0.726. The summed E-state index contributed by atoms with van der Waals surface area (Å²) in [6, 6.07) is 4.59. The molecule has 1 saturated carbocycles. The van der Waals surface area contributed by atoms with Crippen molar-refractivity contribution in [3.05, 3.63) is 29.8 Å². The molecule has 1 fully saturated rings. The van der Waals surface area contributed by atoms with Crippen LogP contribution in [0.15, 0.2) is 18.2 Å². The number of carboxylic acid groups (broad SMARTS) is 1. The minimum Gasteiger partial charge on any atom is -0.475 e. The fourth-order valence-electron chi connectivity index (χ4n) is 2.26. The molecule has 4 nitrogen and oxygen atoms in total. The summed E-state index contributed by atoms with van der Waals surface area (Å²) in [6.07, 6.45) is 2.83. The number of para-hydroxylation sites is 1. The SMILES string of the molecule is O=C(O)c1nc2cccc(F)c2n1C1CCC1. The van der Waals surface area contributed by atoms with E-state index in [1.54, 1.807) is 12.1 Å². The lowest BCUT2D eigenvalue weighted by Crippen LogP contribution is -2.21. The Hall–Kier alpha value is -1.91. The predicted octanol–water partition coefficient (Wildman–Crippen LogP) is 2.60. The van der Waals surface area contributed by atoms with Gasteiger partial charge in [-0.2, -0.15) is 0 Å². The first-order chi connectivity index (χ1) is 8.18. The molecule has 0 atom stereocenters. The number of carbonyl (C=O) groups is 1. The van der Waals surface area contributed by atoms with Crippen molar-refractivity contribution in [2.75, 3.05) is 0 Å². The number of carboxylic acids is 1. The third kappa shape index (κ3) is 1.42. The maximum absolute atomic E-state index is 13.8. The van der Waals surface area contributed by atoms with E-state index in [0.717, 1.165) is 19.3 Å². The second-order valence-electron chi connectivity index (χ2n) is 4.30. The van der Waals surface area contributed by atoms with E-state index in [4.69, 9.17) is 5.11 Å². The molecule has 1 N–H and O–H groups in total. The second-order valence-corrected chi connectivity index (χ2v) is 4.30. The van der Waals surface area contributed by atoms with E-state index in [-0.39, 0.29) is 11.9 Å². The zero-order valence-electron chi connectivity index (χ0n) is 9.06. The van der Waals surface area contributed by atoms with Gasteiger partial charge in [-0.15, -0.1) is 0 Å². The van der Waals surface area contributed by atoms with Crippen LogP contribution in [0.2, 0.25) is 0 Å². The van der Waals surface area contributed by atoms with Gasteiger partial charge in [-0.25, -0.2) is 14.2 Å². The van der Waals surface area contributed by atoms with E-state index < -0.39 is 11.8 Å². The van der Waals surface area contributed by atoms with Crippen molar-refractivity contribution in [1.82, 2.24) is 9.55 Å². The monoisotopic (exact) mass is 234 g/mol. The molecule has 0 unspecified atom stereocenters. The summed E-state index contributed by atoms with van der Waals surface area (Å²) in [5, 5.41) is 9.12. The first kappa shape index (κ1) is 10.3. The van der Waals surface area contributed by atoms with Crippen molar-refractivity contribution >= 4 is 17.0 Å². The Bertz CT molecular complexity index is 602. The van der Waals surface area contributed by atoms with E-state index in [2.05, 4.69) is 4.98 Å². The van der Waals surface area contributed by atoms with Gasteiger partial charge < -0.3 is 9.67 Å². The highest BCUT2D eigenvalue weighted by Gasteiger charge is 2.28. The summed E-state index contributed by atoms with van der Waals surface area (Å²) in [6.45, 7) is 0. The third-order valence-electron chi connectivity index (χ3n) is 3.29. The maximum Gasteiger partial charge on any atom is 0.372 e. The van der Waals surface area contributed by atoms with Crippen molar-refractivity contribution in [3.63, 3.8) is 0 Å². The molecule has 0 saturated heterocycles. The molecule has 1 aromatic carbocycles. The van der Waals surface area contributed by atoms with E-state index >= 15 is 0 Å². The average molecular weight is 234 g/mol. The molecule has 0 spiro atoms. The molecule has 1 aliphatic carbocycles. The minimum absolute atomic E-state index is 0.0604. The van der Waals surface area contributed by atoms with E-state index in [9.17, 15) is 9.18 Å². The van der Waals surface area contributed by atoms with Crippen molar-refractivity contribution in [2.45, 2.75) is 25.3 Å². The second kappa shape index (κ2) is 3.55. The topological polar surface area (TPSA) is 55.1 Å². The van der Waals surface area contributed by atoms with Crippen LogP contribution in [0.4, 0.5) is 4.39 Å². The number of imidazole rings is 1. The Balaban J connectivity index is 2.32. The summed E-state index contributed by atoms with van der Waals surface area (Å²) in [5.74, 6) is -1.57. The Kier molecular flexibility index (Phi) is 2.14. The maximum atomic E-state index is 13.8. The quantitative estimate of drug-likeness (QED) is 0.868. The number of halogens is 1. The molecular weight excluding hydrogens is 223 g/mol. The van der Waals surface area contributed by atoms with Gasteiger partial charge in [0.15, 0.2) is 0 Å². The number of nitrogens with zero attached hydrogens (tertiary/aromatic N) is 2. The van der Waals surface area contributed by atoms with Crippen LogP contribution in [-0.2, 0) is 0 Å². The lowest BCUT2D eigenvalue weighted by atomic mass is 9.92. The van der Waals surface area contributed by atoms with Crippen molar-refractivity contribution < 1.29 is 14.3 Å². The molecule has 1 heterocycles. The fourth-order valence-corrected chi connectivity index (χ4v) is 2.26. The lowest BCUT2D eigenvalue weighted by molar-refractivity contribution is 0.0672. The molecule has 0 bridgehead atoms. The Morgan fingerprint density at radius 2 is 2.24 bits per heavy atom.